The average molecular weight is 377 g/mol. The molecule has 1 aromatic carbocycles. The Labute approximate surface area is 137 Å². The lowest BCUT2D eigenvalue weighted by atomic mass is 10.0. The van der Waals surface area contributed by atoms with Crippen molar-refractivity contribution < 1.29 is 30.6 Å². The van der Waals surface area contributed by atoms with Crippen molar-refractivity contribution in [3.8, 4) is 0 Å². The van der Waals surface area contributed by atoms with Crippen molar-refractivity contribution in [2.24, 2.45) is 0 Å². The number of halogens is 1. The van der Waals surface area contributed by atoms with Crippen LogP contribution in [-0.4, -0.2) is 61.7 Å². The smallest absolute Gasteiger partial charge is 0.139 e. The molecule has 6 N–H and O–H groups in total. The first-order chi connectivity index (χ1) is 10.3. The third kappa shape index (κ3) is 4.77. The minimum atomic E-state index is -1.84. The van der Waals surface area contributed by atoms with E-state index in [1.807, 2.05) is 13.0 Å². The average Bonchev–Trinajstić information content (AvgIpc) is 2.51. The predicted octanol–water partition coefficient (Wildman–Crippen LogP) is 0.346. The fourth-order valence-electron chi connectivity index (χ4n) is 1.89. The summed E-state index contributed by atoms with van der Waals surface area (Å²) < 4.78 is 0.849. The molecule has 0 unspecified atom stereocenters. The Bertz CT molecular complexity index is 519. The predicted molar refractivity (Wildman–Crippen MR) is 85.2 cm³/mol. The van der Waals surface area contributed by atoms with Gasteiger partial charge in [0.2, 0.25) is 0 Å². The number of aryl methyl sites for hydroxylation is 1. The summed E-state index contributed by atoms with van der Waals surface area (Å²) in [5, 5.41) is 56.8. The highest BCUT2D eigenvalue weighted by Crippen LogP contribution is 2.21. The summed E-state index contributed by atoms with van der Waals surface area (Å²) in [6.07, 6.45) is -4.95. The quantitative estimate of drug-likeness (QED) is 0.382. The van der Waals surface area contributed by atoms with E-state index >= 15 is 0 Å². The molecule has 0 aromatic heterocycles. The van der Waals surface area contributed by atoms with Crippen molar-refractivity contribution in [3.63, 3.8) is 0 Å². The van der Waals surface area contributed by atoms with E-state index in [9.17, 15) is 25.5 Å². The Morgan fingerprint density at radius 2 is 1.82 bits per heavy atom. The third-order valence-electron chi connectivity index (χ3n) is 3.33. The molecule has 0 aliphatic rings. The van der Waals surface area contributed by atoms with E-state index in [0.29, 0.717) is 5.56 Å². The second-order valence-electron chi connectivity index (χ2n) is 4.95. The standard InChI is InChI=1S/C15H21BrO6/c1-2-9-4-3-8(5-10(9)16)6-11(18)13(20)15(22)14(21)12(19)7-17/h3-6,12-15,17-22H,2,7H2,1H3/t12-,13+,14-,15-/m1/s1. The number of benzene rings is 1. The van der Waals surface area contributed by atoms with Gasteiger partial charge < -0.3 is 30.6 Å². The van der Waals surface area contributed by atoms with Gasteiger partial charge in [-0.25, -0.2) is 0 Å². The highest BCUT2D eigenvalue weighted by Gasteiger charge is 2.32. The van der Waals surface area contributed by atoms with Gasteiger partial charge in [0.25, 0.3) is 0 Å². The first kappa shape index (κ1) is 19.1. The fraction of sp³-hybridized carbons (Fsp3) is 0.467. The lowest BCUT2D eigenvalue weighted by molar-refractivity contribution is -0.112. The Morgan fingerprint density at radius 1 is 1.18 bits per heavy atom. The monoisotopic (exact) mass is 376 g/mol. The zero-order valence-corrected chi connectivity index (χ0v) is 13.7. The fourth-order valence-corrected chi connectivity index (χ4v) is 2.57. The molecule has 0 heterocycles. The molecule has 0 saturated carbocycles. The van der Waals surface area contributed by atoms with Gasteiger partial charge in [0.1, 0.15) is 30.2 Å². The van der Waals surface area contributed by atoms with Gasteiger partial charge in [-0.2, -0.15) is 0 Å². The van der Waals surface area contributed by atoms with Crippen LogP contribution in [0.1, 0.15) is 18.1 Å². The summed E-state index contributed by atoms with van der Waals surface area (Å²) in [6.45, 7) is 1.22. The molecule has 0 fully saturated rings. The lowest BCUT2D eigenvalue weighted by Gasteiger charge is -2.25. The summed E-state index contributed by atoms with van der Waals surface area (Å²) in [5.74, 6) is -0.562. The molecule has 0 aliphatic heterocycles. The molecule has 7 heteroatoms. The van der Waals surface area contributed by atoms with Gasteiger partial charge in [-0.15, -0.1) is 0 Å². The van der Waals surface area contributed by atoms with Crippen LogP contribution in [0.25, 0.3) is 6.08 Å². The zero-order valence-electron chi connectivity index (χ0n) is 12.1. The zero-order chi connectivity index (χ0) is 16.9. The molecule has 0 saturated heterocycles. The van der Waals surface area contributed by atoms with Crippen molar-refractivity contribution in [2.75, 3.05) is 6.61 Å². The van der Waals surface area contributed by atoms with Crippen LogP contribution >= 0.6 is 15.9 Å². The Hall–Kier alpha value is -0.960. The SMILES string of the molecule is CCc1ccc(C=C(O)[C@H](O)[C@@H](O)[C@H](O)[C@H](O)CO)cc1Br. The number of hydrogen-bond donors (Lipinski definition) is 6. The normalized spacial score (nSPS) is 17.9. The van der Waals surface area contributed by atoms with Crippen molar-refractivity contribution in [1.29, 1.82) is 0 Å². The first-order valence-electron chi connectivity index (χ1n) is 6.83. The summed E-state index contributed by atoms with van der Waals surface area (Å²) in [5.41, 5.74) is 1.67. The van der Waals surface area contributed by atoms with Crippen LogP contribution in [0.2, 0.25) is 0 Å². The molecule has 0 radical (unpaired) electrons. The maximum absolute atomic E-state index is 9.84. The van der Waals surface area contributed by atoms with E-state index in [0.717, 1.165) is 16.5 Å². The van der Waals surface area contributed by atoms with Crippen LogP contribution in [0.4, 0.5) is 0 Å². The highest BCUT2D eigenvalue weighted by atomic mass is 79.9. The molecule has 0 spiro atoms. The van der Waals surface area contributed by atoms with Crippen molar-refractivity contribution in [3.05, 3.63) is 39.6 Å². The minimum absolute atomic E-state index is 0.562. The molecule has 1 rings (SSSR count). The van der Waals surface area contributed by atoms with Gasteiger partial charge in [0.05, 0.1) is 6.61 Å². The summed E-state index contributed by atoms with van der Waals surface area (Å²) in [7, 11) is 0. The largest absolute Gasteiger partial charge is 0.509 e. The third-order valence-corrected chi connectivity index (χ3v) is 4.07. The van der Waals surface area contributed by atoms with Gasteiger partial charge in [0.15, 0.2) is 0 Å². The number of aliphatic hydroxyl groups excluding tert-OH is 6. The molecule has 4 atom stereocenters. The van der Waals surface area contributed by atoms with Gasteiger partial charge >= 0.3 is 0 Å². The molecule has 1 aromatic rings. The van der Waals surface area contributed by atoms with Crippen LogP contribution in [-0.2, 0) is 6.42 Å². The summed E-state index contributed by atoms with van der Waals surface area (Å²) >= 11 is 3.39. The Kier molecular flexibility index (Phi) is 7.47. The second-order valence-corrected chi connectivity index (χ2v) is 5.80. The number of rotatable bonds is 7. The highest BCUT2D eigenvalue weighted by molar-refractivity contribution is 9.10. The molecular weight excluding hydrogens is 356 g/mol. The van der Waals surface area contributed by atoms with Crippen molar-refractivity contribution >= 4 is 22.0 Å². The van der Waals surface area contributed by atoms with E-state index in [1.165, 1.54) is 6.08 Å². The van der Waals surface area contributed by atoms with E-state index in [1.54, 1.807) is 12.1 Å². The number of hydrogen-bond acceptors (Lipinski definition) is 6. The molecule has 0 aliphatic carbocycles. The molecule has 124 valence electrons. The Balaban J connectivity index is 2.89. The van der Waals surface area contributed by atoms with E-state index in [4.69, 9.17) is 5.11 Å². The van der Waals surface area contributed by atoms with Gasteiger partial charge in [-0.05, 0) is 29.7 Å². The molecule has 0 amide bonds. The van der Waals surface area contributed by atoms with E-state index in [2.05, 4.69) is 15.9 Å². The number of aliphatic hydroxyl groups is 6. The molecule has 0 bridgehead atoms. The minimum Gasteiger partial charge on any atom is -0.509 e. The van der Waals surface area contributed by atoms with Crippen molar-refractivity contribution in [2.45, 2.75) is 37.8 Å². The van der Waals surface area contributed by atoms with Crippen LogP contribution in [0, 0.1) is 0 Å². The summed E-state index contributed by atoms with van der Waals surface area (Å²) in [6, 6.07) is 5.33. The molecule has 6 nitrogen and oxygen atoms in total. The lowest BCUT2D eigenvalue weighted by Crippen LogP contribution is -2.46. The van der Waals surface area contributed by atoms with Crippen LogP contribution < -0.4 is 0 Å². The maximum atomic E-state index is 9.84. The van der Waals surface area contributed by atoms with Crippen LogP contribution in [0.15, 0.2) is 28.4 Å². The van der Waals surface area contributed by atoms with E-state index < -0.39 is 36.8 Å². The summed E-state index contributed by atoms with van der Waals surface area (Å²) in [4.78, 5) is 0. The van der Waals surface area contributed by atoms with Gasteiger partial charge in [0, 0.05) is 4.47 Å². The molecular formula is C15H21BrO6. The molecule has 22 heavy (non-hydrogen) atoms. The van der Waals surface area contributed by atoms with Crippen molar-refractivity contribution in [1.82, 2.24) is 0 Å². The Morgan fingerprint density at radius 3 is 2.32 bits per heavy atom. The van der Waals surface area contributed by atoms with E-state index in [-0.39, 0.29) is 0 Å². The first-order valence-corrected chi connectivity index (χ1v) is 7.63. The second kappa shape index (κ2) is 8.61. The topological polar surface area (TPSA) is 121 Å². The van der Waals surface area contributed by atoms with Gasteiger partial charge in [-0.1, -0.05) is 35.0 Å². The van der Waals surface area contributed by atoms with Crippen LogP contribution in [0.3, 0.4) is 0 Å². The maximum Gasteiger partial charge on any atom is 0.139 e. The van der Waals surface area contributed by atoms with Crippen LogP contribution in [0.5, 0.6) is 0 Å². The van der Waals surface area contributed by atoms with Gasteiger partial charge in [-0.3, -0.25) is 0 Å².